The monoisotopic (exact) mass is 205 g/mol. The topological polar surface area (TPSA) is 26.0 Å². The van der Waals surface area contributed by atoms with Gasteiger partial charge in [-0.25, -0.2) is 4.39 Å². The van der Waals surface area contributed by atoms with E-state index in [2.05, 4.69) is 5.92 Å². The van der Waals surface area contributed by atoms with Crippen LogP contribution in [-0.4, -0.2) is 0 Å². The van der Waals surface area contributed by atoms with E-state index in [-0.39, 0.29) is 11.9 Å². The van der Waals surface area contributed by atoms with E-state index in [1.165, 1.54) is 12.1 Å². The van der Waals surface area contributed by atoms with E-state index in [0.717, 1.165) is 30.4 Å². The van der Waals surface area contributed by atoms with Gasteiger partial charge in [-0.3, -0.25) is 0 Å². The van der Waals surface area contributed by atoms with Crippen molar-refractivity contribution in [3.8, 4) is 12.3 Å². The maximum Gasteiger partial charge on any atom is 0.123 e. The highest BCUT2D eigenvalue weighted by atomic mass is 19.1. The molecule has 0 aliphatic rings. The van der Waals surface area contributed by atoms with Crippen molar-refractivity contribution in [2.24, 2.45) is 5.73 Å². The molecule has 0 fully saturated rings. The molecule has 1 aromatic rings. The highest BCUT2D eigenvalue weighted by molar-refractivity contribution is 5.29. The van der Waals surface area contributed by atoms with Crippen molar-refractivity contribution in [3.05, 3.63) is 35.1 Å². The molecule has 15 heavy (non-hydrogen) atoms. The van der Waals surface area contributed by atoms with Crippen molar-refractivity contribution in [3.63, 3.8) is 0 Å². The van der Waals surface area contributed by atoms with E-state index < -0.39 is 0 Å². The third-order valence-electron chi connectivity index (χ3n) is 2.48. The van der Waals surface area contributed by atoms with E-state index in [0.29, 0.717) is 0 Å². The molecule has 0 aliphatic carbocycles. The van der Waals surface area contributed by atoms with Gasteiger partial charge < -0.3 is 5.73 Å². The molecule has 2 N–H and O–H groups in total. The third kappa shape index (κ3) is 3.38. The maximum absolute atomic E-state index is 13.0. The third-order valence-corrected chi connectivity index (χ3v) is 2.48. The Kier molecular flexibility index (Phi) is 4.33. The predicted molar refractivity (Wildman–Crippen MR) is 60.7 cm³/mol. The van der Waals surface area contributed by atoms with Gasteiger partial charge in [-0.15, -0.1) is 12.3 Å². The summed E-state index contributed by atoms with van der Waals surface area (Å²) in [6.07, 6.45) is 7.56. The second-order valence-electron chi connectivity index (χ2n) is 3.70. The van der Waals surface area contributed by atoms with Gasteiger partial charge in [0.05, 0.1) is 0 Å². The molecule has 0 bridgehead atoms. The Morgan fingerprint density at radius 2 is 2.27 bits per heavy atom. The molecule has 80 valence electrons. The Hall–Kier alpha value is -1.33. The van der Waals surface area contributed by atoms with Gasteiger partial charge >= 0.3 is 0 Å². The van der Waals surface area contributed by atoms with Crippen molar-refractivity contribution in [2.75, 3.05) is 0 Å². The number of aryl methyl sites for hydroxylation is 1. The fourth-order valence-corrected chi connectivity index (χ4v) is 1.59. The standard InChI is InChI=1S/C13H16FN/c1-3-4-5-6-13(15)12-9-11(14)8-7-10(12)2/h1,7-9,13H,4-6,15H2,2H3. The van der Waals surface area contributed by atoms with E-state index in [1.807, 2.05) is 6.92 Å². The van der Waals surface area contributed by atoms with Gasteiger partial charge in [-0.1, -0.05) is 6.07 Å². The van der Waals surface area contributed by atoms with E-state index in [4.69, 9.17) is 12.2 Å². The van der Waals surface area contributed by atoms with Crippen LogP contribution >= 0.6 is 0 Å². The number of unbranched alkanes of at least 4 members (excludes halogenated alkanes) is 1. The van der Waals surface area contributed by atoms with Crippen LogP contribution in [0.1, 0.15) is 36.4 Å². The normalized spacial score (nSPS) is 12.1. The summed E-state index contributed by atoms with van der Waals surface area (Å²) >= 11 is 0. The van der Waals surface area contributed by atoms with Crippen molar-refractivity contribution in [2.45, 2.75) is 32.2 Å². The maximum atomic E-state index is 13.0. The fourth-order valence-electron chi connectivity index (χ4n) is 1.59. The predicted octanol–water partition coefficient (Wildman–Crippen LogP) is 2.94. The average Bonchev–Trinajstić information content (AvgIpc) is 2.22. The van der Waals surface area contributed by atoms with Crippen molar-refractivity contribution in [1.29, 1.82) is 0 Å². The Morgan fingerprint density at radius 1 is 1.53 bits per heavy atom. The lowest BCUT2D eigenvalue weighted by molar-refractivity contribution is 0.595. The Bertz CT molecular complexity index is 365. The van der Waals surface area contributed by atoms with E-state index in [9.17, 15) is 4.39 Å². The first kappa shape index (κ1) is 11.7. The van der Waals surface area contributed by atoms with Gasteiger partial charge in [0.2, 0.25) is 0 Å². The van der Waals surface area contributed by atoms with Crippen LogP contribution in [0.3, 0.4) is 0 Å². The van der Waals surface area contributed by atoms with Crippen LogP contribution in [0.25, 0.3) is 0 Å². The van der Waals surface area contributed by atoms with Crippen LogP contribution in [-0.2, 0) is 0 Å². The number of nitrogens with two attached hydrogens (primary N) is 1. The van der Waals surface area contributed by atoms with Crippen LogP contribution in [0.2, 0.25) is 0 Å². The molecule has 0 heterocycles. The molecule has 0 spiro atoms. The van der Waals surface area contributed by atoms with Gasteiger partial charge in [0.15, 0.2) is 0 Å². The largest absolute Gasteiger partial charge is 0.324 e. The molecule has 0 saturated carbocycles. The Morgan fingerprint density at radius 3 is 2.93 bits per heavy atom. The first-order valence-electron chi connectivity index (χ1n) is 5.10. The molecule has 1 atom stereocenters. The molecule has 0 amide bonds. The van der Waals surface area contributed by atoms with Crippen molar-refractivity contribution in [1.82, 2.24) is 0 Å². The van der Waals surface area contributed by atoms with Gasteiger partial charge in [0.1, 0.15) is 5.82 Å². The molecule has 0 saturated heterocycles. The van der Waals surface area contributed by atoms with Gasteiger partial charge in [0, 0.05) is 12.5 Å². The minimum absolute atomic E-state index is 0.117. The molecule has 0 aliphatic heterocycles. The zero-order valence-electron chi connectivity index (χ0n) is 8.96. The highest BCUT2D eigenvalue weighted by Crippen LogP contribution is 2.21. The second kappa shape index (κ2) is 5.53. The number of terminal acetylenes is 1. The first-order chi connectivity index (χ1) is 7.15. The summed E-state index contributed by atoms with van der Waals surface area (Å²) in [4.78, 5) is 0. The number of hydrogen-bond donors (Lipinski definition) is 1. The fraction of sp³-hybridized carbons (Fsp3) is 0.385. The minimum atomic E-state index is -0.233. The second-order valence-corrected chi connectivity index (χ2v) is 3.70. The van der Waals surface area contributed by atoms with E-state index >= 15 is 0 Å². The SMILES string of the molecule is C#CCCCC(N)c1cc(F)ccc1C. The molecule has 1 rings (SSSR count). The van der Waals surface area contributed by atoms with Gasteiger partial charge in [0.25, 0.3) is 0 Å². The van der Waals surface area contributed by atoms with Gasteiger partial charge in [-0.2, -0.15) is 0 Å². The molecule has 1 nitrogen and oxygen atoms in total. The smallest absolute Gasteiger partial charge is 0.123 e. The number of benzene rings is 1. The molecular formula is C13H16FN. The zero-order chi connectivity index (χ0) is 11.3. The summed E-state index contributed by atoms with van der Waals surface area (Å²) in [7, 11) is 0. The van der Waals surface area contributed by atoms with Crippen molar-refractivity contribution >= 4 is 0 Å². The van der Waals surface area contributed by atoms with Crippen LogP contribution in [0.4, 0.5) is 4.39 Å². The summed E-state index contributed by atoms with van der Waals surface area (Å²) < 4.78 is 13.0. The molecule has 1 unspecified atom stereocenters. The zero-order valence-corrected chi connectivity index (χ0v) is 8.96. The number of hydrogen-bond acceptors (Lipinski definition) is 1. The molecule has 1 aromatic carbocycles. The van der Waals surface area contributed by atoms with Crippen LogP contribution < -0.4 is 5.73 Å². The summed E-state index contributed by atoms with van der Waals surface area (Å²) in [5.41, 5.74) is 7.88. The lowest BCUT2D eigenvalue weighted by atomic mass is 9.97. The quantitative estimate of drug-likeness (QED) is 0.593. The number of rotatable bonds is 4. The lowest BCUT2D eigenvalue weighted by Gasteiger charge is -2.14. The first-order valence-corrected chi connectivity index (χ1v) is 5.10. The minimum Gasteiger partial charge on any atom is -0.324 e. The Balaban J connectivity index is 2.69. The average molecular weight is 205 g/mol. The number of halogens is 1. The van der Waals surface area contributed by atoms with Crippen LogP contribution in [0, 0.1) is 25.1 Å². The summed E-state index contributed by atoms with van der Waals surface area (Å²) in [6, 6.07) is 4.60. The molecular weight excluding hydrogens is 189 g/mol. The summed E-state index contributed by atoms with van der Waals surface area (Å²) in [6.45, 7) is 1.94. The molecule has 2 heteroatoms. The van der Waals surface area contributed by atoms with Crippen LogP contribution in [0.15, 0.2) is 18.2 Å². The van der Waals surface area contributed by atoms with E-state index in [1.54, 1.807) is 6.07 Å². The highest BCUT2D eigenvalue weighted by Gasteiger charge is 2.09. The van der Waals surface area contributed by atoms with Crippen LogP contribution in [0.5, 0.6) is 0 Å². The summed E-state index contributed by atoms with van der Waals surface area (Å²) in [5.74, 6) is 2.34. The molecule has 0 radical (unpaired) electrons. The Labute approximate surface area is 90.5 Å². The lowest BCUT2D eigenvalue weighted by Crippen LogP contribution is -2.11. The molecule has 0 aromatic heterocycles. The summed E-state index contributed by atoms with van der Waals surface area (Å²) in [5, 5.41) is 0. The van der Waals surface area contributed by atoms with Crippen molar-refractivity contribution < 1.29 is 4.39 Å². The van der Waals surface area contributed by atoms with Gasteiger partial charge in [-0.05, 0) is 43.0 Å².